The molecule has 3 aromatic rings. The summed E-state index contributed by atoms with van der Waals surface area (Å²) in [5.74, 6) is 0.687. The Morgan fingerprint density at radius 2 is 1.87 bits per heavy atom. The molecule has 5 heteroatoms. The van der Waals surface area contributed by atoms with Crippen LogP contribution in [0.1, 0.15) is 23.6 Å². The summed E-state index contributed by atoms with van der Waals surface area (Å²) in [6.45, 7) is 8.56. The summed E-state index contributed by atoms with van der Waals surface area (Å²) in [5.41, 5.74) is 7.12. The fourth-order valence-corrected chi connectivity index (χ4v) is 3.99. The Morgan fingerprint density at radius 1 is 1.10 bits per heavy atom. The van der Waals surface area contributed by atoms with E-state index in [-0.39, 0.29) is 5.91 Å². The maximum atomic E-state index is 12.7. The lowest BCUT2D eigenvalue weighted by atomic mass is 9.96. The van der Waals surface area contributed by atoms with Crippen LogP contribution in [0.3, 0.4) is 0 Å². The van der Waals surface area contributed by atoms with E-state index in [0.29, 0.717) is 32.1 Å². The molecule has 0 radical (unpaired) electrons. The first kappa shape index (κ1) is 20.2. The molecule has 2 heterocycles. The first-order valence-electron chi connectivity index (χ1n) is 10.2. The van der Waals surface area contributed by atoms with Crippen LogP contribution in [0.2, 0.25) is 0 Å². The van der Waals surface area contributed by atoms with Gasteiger partial charge in [-0.1, -0.05) is 23.8 Å². The minimum absolute atomic E-state index is 0.000235. The van der Waals surface area contributed by atoms with E-state index in [4.69, 9.17) is 13.9 Å². The van der Waals surface area contributed by atoms with Crippen molar-refractivity contribution in [1.29, 1.82) is 0 Å². The number of hydrogen-bond donors (Lipinski definition) is 0. The van der Waals surface area contributed by atoms with Gasteiger partial charge in [-0.25, -0.2) is 0 Å². The maximum Gasteiger partial charge on any atom is 0.247 e. The quantitative estimate of drug-likeness (QED) is 0.574. The third-order valence-electron chi connectivity index (χ3n) is 5.66. The molecule has 0 unspecified atom stereocenters. The second-order valence-electron chi connectivity index (χ2n) is 7.78. The molecular weight excluding hydrogens is 378 g/mol. The number of morpholine rings is 1. The summed E-state index contributed by atoms with van der Waals surface area (Å²) in [6, 6.07) is 10.4. The summed E-state index contributed by atoms with van der Waals surface area (Å²) in [4.78, 5) is 14.5. The second kappa shape index (κ2) is 8.36. The van der Waals surface area contributed by atoms with E-state index in [0.717, 1.165) is 33.2 Å². The molecule has 1 aliphatic rings. The van der Waals surface area contributed by atoms with Gasteiger partial charge in [0, 0.05) is 41.7 Å². The highest BCUT2D eigenvalue weighted by Crippen LogP contribution is 2.38. The lowest BCUT2D eigenvalue weighted by Crippen LogP contribution is -2.39. The number of furan rings is 1. The molecule has 2 aromatic carbocycles. The Morgan fingerprint density at radius 3 is 2.57 bits per heavy atom. The molecule has 0 atom stereocenters. The monoisotopic (exact) mass is 405 g/mol. The Labute approximate surface area is 176 Å². The van der Waals surface area contributed by atoms with Gasteiger partial charge >= 0.3 is 0 Å². The highest BCUT2D eigenvalue weighted by molar-refractivity contribution is 6.00. The summed E-state index contributed by atoms with van der Waals surface area (Å²) < 4.78 is 16.8. The summed E-state index contributed by atoms with van der Waals surface area (Å²) >= 11 is 0. The highest BCUT2D eigenvalue weighted by atomic mass is 16.5. The van der Waals surface area contributed by atoms with Crippen LogP contribution in [0.25, 0.3) is 27.7 Å². The predicted molar refractivity (Wildman–Crippen MR) is 119 cm³/mol. The van der Waals surface area contributed by atoms with Gasteiger partial charge in [0.25, 0.3) is 0 Å². The molecule has 1 aromatic heterocycles. The molecule has 1 aliphatic heterocycles. The van der Waals surface area contributed by atoms with E-state index in [1.807, 2.05) is 17.9 Å². The van der Waals surface area contributed by atoms with E-state index >= 15 is 0 Å². The largest absolute Gasteiger partial charge is 0.496 e. The van der Waals surface area contributed by atoms with Crippen molar-refractivity contribution in [2.45, 2.75) is 20.8 Å². The second-order valence-corrected chi connectivity index (χ2v) is 7.78. The number of ether oxygens (including phenoxy) is 2. The Hall–Kier alpha value is -3.05. The van der Waals surface area contributed by atoms with Gasteiger partial charge in [-0.05, 0) is 43.5 Å². The number of methoxy groups -OCH3 is 1. The van der Waals surface area contributed by atoms with Gasteiger partial charge in [0.2, 0.25) is 5.91 Å². The lowest BCUT2D eigenvalue weighted by Gasteiger charge is -2.26. The third kappa shape index (κ3) is 3.85. The third-order valence-corrected chi connectivity index (χ3v) is 5.66. The Bertz CT molecular complexity index is 1120. The number of carbonyl (C=O) groups is 1. The molecule has 0 saturated carbocycles. The molecule has 0 aliphatic carbocycles. The van der Waals surface area contributed by atoms with Crippen LogP contribution in [0, 0.1) is 13.8 Å². The number of allylic oxidation sites excluding steroid dienone is 1. The van der Waals surface area contributed by atoms with Gasteiger partial charge in [-0.2, -0.15) is 0 Å². The van der Waals surface area contributed by atoms with Crippen LogP contribution in [0.4, 0.5) is 0 Å². The zero-order chi connectivity index (χ0) is 21.3. The van der Waals surface area contributed by atoms with Gasteiger partial charge in [0.15, 0.2) is 0 Å². The molecule has 0 bridgehead atoms. The van der Waals surface area contributed by atoms with Gasteiger partial charge in [-0.3, -0.25) is 4.79 Å². The molecule has 1 amide bonds. The van der Waals surface area contributed by atoms with Crippen LogP contribution in [-0.4, -0.2) is 44.2 Å². The molecular formula is C25H27NO4. The summed E-state index contributed by atoms with van der Waals surface area (Å²) in [7, 11) is 1.63. The van der Waals surface area contributed by atoms with Crippen LogP contribution in [0.5, 0.6) is 5.75 Å². The number of amides is 1. The Kier molecular flexibility index (Phi) is 5.64. The molecule has 1 fully saturated rings. The van der Waals surface area contributed by atoms with Crippen molar-refractivity contribution < 1.29 is 18.7 Å². The zero-order valence-electron chi connectivity index (χ0n) is 18.0. The molecule has 0 N–H and O–H groups in total. The average molecular weight is 405 g/mol. The Balaban J connectivity index is 1.77. The van der Waals surface area contributed by atoms with E-state index in [1.54, 1.807) is 19.4 Å². The standard InChI is InChI=1S/C25H27NO4/c1-16-5-6-19(17(2)11-16)22-15-30-24-14-23(28-4)20(13-21(22)24)18(3)12-25(27)26-7-9-29-10-8-26/h5-6,11-15H,7-10H2,1-4H3/b18-12+. The average Bonchev–Trinajstić information content (AvgIpc) is 3.16. The number of nitrogens with zero attached hydrogens (tertiary/aromatic N) is 1. The predicted octanol–water partition coefficient (Wildman–Crippen LogP) is 4.99. The number of aryl methyl sites for hydroxylation is 2. The van der Waals surface area contributed by atoms with Gasteiger partial charge in [-0.15, -0.1) is 0 Å². The first-order chi connectivity index (χ1) is 14.5. The fourth-order valence-electron chi connectivity index (χ4n) is 3.99. The lowest BCUT2D eigenvalue weighted by molar-refractivity contribution is -0.129. The highest BCUT2D eigenvalue weighted by Gasteiger charge is 2.18. The number of rotatable bonds is 4. The van der Waals surface area contributed by atoms with E-state index in [2.05, 4.69) is 38.1 Å². The van der Waals surface area contributed by atoms with Crippen molar-refractivity contribution in [3.8, 4) is 16.9 Å². The fraction of sp³-hybridized carbons (Fsp3) is 0.320. The summed E-state index contributed by atoms with van der Waals surface area (Å²) in [5, 5.41) is 1.00. The zero-order valence-corrected chi connectivity index (χ0v) is 18.0. The van der Waals surface area contributed by atoms with Crippen molar-refractivity contribution in [1.82, 2.24) is 4.90 Å². The molecule has 156 valence electrons. The number of fused-ring (bicyclic) bond motifs is 1. The number of carbonyl (C=O) groups excluding carboxylic acids is 1. The van der Waals surface area contributed by atoms with E-state index in [9.17, 15) is 4.79 Å². The van der Waals surface area contributed by atoms with Crippen molar-refractivity contribution in [2.75, 3.05) is 33.4 Å². The molecule has 4 rings (SSSR count). The molecule has 1 saturated heterocycles. The molecule has 5 nitrogen and oxygen atoms in total. The van der Waals surface area contributed by atoms with Crippen molar-refractivity contribution >= 4 is 22.4 Å². The van der Waals surface area contributed by atoms with Crippen LogP contribution in [-0.2, 0) is 9.53 Å². The van der Waals surface area contributed by atoms with Crippen LogP contribution < -0.4 is 4.74 Å². The molecule has 30 heavy (non-hydrogen) atoms. The smallest absolute Gasteiger partial charge is 0.247 e. The van der Waals surface area contributed by atoms with Crippen LogP contribution >= 0.6 is 0 Å². The topological polar surface area (TPSA) is 51.9 Å². The van der Waals surface area contributed by atoms with Crippen LogP contribution in [0.15, 0.2) is 47.1 Å². The first-order valence-corrected chi connectivity index (χ1v) is 10.2. The maximum absolute atomic E-state index is 12.7. The van der Waals surface area contributed by atoms with Gasteiger partial charge in [0.1, 0.15) is 11.3 Å². The van der Waals surface area contributed by atoms with Gasteiger partial charge < -0.3 is 18.8 Å². The van der Waals surface area contributed by atoms with E-state index < -0.39 is 0 Å². The van der Waals surface area contributed by atoms with Crippen molar-refractivity contribution in [3.05, 3.63) is 59.4 Å². The van der Waals surface area contributed by atoms with Gasteiger partial charge in [0.05, 0.1) is 26.6 Å². The number of hydrogen-bond acceptors (Lipinski definition) is 4. The molecule has 0 spiro atoms. The normalized spacial score (nSPS) is 14.9. The number of benzene rings is 2. The minimum atomic E-state index is -0.000235. The van der Waals surface area contributed by atoms with E-state index in [1.165, 1.54) is 11.1 Å². The minimum Gasteiger partial charge on any atom is -0.496 e. The summed E-state index contributed by atoms with van der Waals surface area (Å²) in [6.07, 6.45) is 3.48. The van der Waals surface area contributed by atoms with Crippen molar-refractivity contribution in [2.24, 2.45) is 0 Å². The SMILES string of the molecule is COc1cc2occ(-c3ccc(C)cc3C)c2cc1/C(C)=C/C(=O)N1CCOCC1. The van der Waals surface area contributed by atoms with Crippen molar-refractivity contribution in [3.63, 3.8) is 0 Å².